The van der Waals surface area contributed by atoms with E-state index in [4.69, 9.17) is 8.94 Å². The summed E-state index contributed by atoms with van der Waals surface area (Å²) >= 11 is 0. The number of carbonyl (C=O) groups is 1. The largest absolute Gasteiger partial charge is 0.454 e. The molecule has 1 unspecified atom stereocenters. The van der Waals surface area contributed by atoms with Gasteiger partial charge in [0.25, 0.3) is 5.91 Å². The van der Waals surface area contributed by atoms with Crippen molar-refractivity contribution in [2.75, 3.05) is 6.54 Å². The lowest BCUT2D eigenvalue weighted by Crippen LogP contribution is -2.30. The Morgan fingerprint density at radius 3 is 3.00 bits per heavy atom. The van der Waals surface area contributed by atoms with Gasteiger partial charge in [0.1, 0.15) is 11.8 Å². The molecule has 26 heavy (non-hydrogen) atoms. The Morgan fingerprint density at radius 2 is 2.27 bits per heavy atom. The van der Waals surface area contributed by atoms with Crippen molar-refractivity contribution in [2.24, 2.45) is 0 Å². The van der Waals surface area contributed by atoms with E-state index in [0.29, 0.717) is 36.3 Å². The third-order valence-electron chi connectivity index (χ3n) is 4.52. The van der Waals surface area contributed by atoms with Gasteiger partial charge in [0.2, 0.25) is 5.89 Å². The van der Waals surface area contributed by atoms with Crippen LogP contribution in [0.3, 0.4) is 0 Å². The van der Waals surface area contributed by atoms with Gasteiger partial charge >= 0.3 is 0 Å². The minimum absolute atomic E-state index is 0.150. The van der Waals surface area contributed by atoms with Crippen molar-refractivity contribution >= 4 is 5.91 Å². The smallest absolute Gasteiger partial charge is 0.290 e. The average molecular weight is 355 g/mol. The Labute approximate surface area is 150 Å². The molecule has 0 bridgehead atoms. The second-order valence-corrected chi connectivity index (χ2v) is 6.77. The first-order chi connectivity index (χ1) is 12.6. The highest BCUT2D eigenvalue weighted by atomic mass is 16.5. The number of rotatable bonds is 5. The lowest BCUT2D eigenvalue weighted by atomic mass is 10.2. The maximum atomic E-state index is 12.9. The Bertz CT molecular complexity index is 880. The summed E-state index contributed by atoms with van der Waals surface area (Å²) < 4.78 is 12.9. The number of hydrogen-bond donors (Lipinski definition) is 0. The minimum Gasteiger partial charge on any atom is -0.454 e. The molecule has 1 amide bonds. The van der Waals surface area contributed by atoms with Gasteiger partial charge in [-0.1, -0.05) is 19.0 Å². The van der Waals surface area contributed by atoms with Crippen molar-refractivity contribution in [3.63, 3.8) is 0 Å². The first-order valence-electron chi connectivity index (χ1n) is 8.82. The monoisotopic (exact) mass is 355 g/mol. The summed E-state index contributed by atoms with van der Waals surface area (Å²) in [6.07, 6.45) is 5.27. The van der Waals surface area contributed by atoms with Crippen LogP contribution in [0.4, 0.5) is 0 Å². The first kappa shape index (κ1) is 16.6. The van der Waals surface area contributed by atoms with Crippen molar-refractivity contribution < 1.29 is 13.7 Å². The number of nitrogens with zero attached hydrogens (tertiary/aromatic N) is 5. The van der Waals surface area contributed by atoms with Gasteiger partial charge in [-0.25, -0.2) is 0 Å². The zero-order valence-corrected chi connectivity index (χ0v) is 14.8. The molecular weight excluding hydrogens is 334 g/mol. The van der Waals surface area contributed by atoms with Crippen LogP contribution in [0.15, 0.2) is 39.5 Å². The van der Waals surface area contributed by atoms with E-state index in [1.807, 2.05) is 32.2 Å². The van der Waals surface area contributed by atoms with Gasteiger partial charge in [0, 0.05) is 24.9 Å². The number of aromatic nitrogens is 4. The van der Waals surface area contributed by atoms with Crippen LogP contribution < -0.4 is 0 Å². The molecule has 0 spiro atoms. The van der Waals surface area contributed by atoms with Crippen LogP contribution in [0.1, 0.15) is 66.7 Å². The molecule has 4 heterocycles. The maximum Gasteiger partial charge on any atom is 0.290 e. The predicted molar refractivity (Wildman–Crippen MR) is 91.4 cm³/mol. The fraction of sp³-hybridized carbons (Fsp3) is 0.444. The molecule has 0 aromatic carbocycles. The van der Waals surface area contributed by atoms with E-state index in [-0.39, 0.29) is 17.9 Å². The highest BCUT2D eigenvalue weighted by Gasteiger charge is 2.35. The van der Waals surface area contributed by atoms with Crippen LogP contribution in [-0.2, 0) is 6.54 Å². The summed E-state index contributed by atoms with van der Waals surface area (Å²) in [6.45, 7) is 5.16. The number of likely N-dealkylation sites (tertiary alicyclic amines) is 1. The van der Waals surface area contributed by atoms with Gasteiger partial charge in [-0.3, -0.25) is 9.48 Å². The summed E-state index contributed by atoms with van der Waals surface area (Å²) in [5.74, 6) is 2.22. The third kappa shape index (κ3) is 3.14. The zero-order valence-electron chi connectivity index (χ0n) is 14.8. The molecule has 3 aromatic rings. The Balaban J connectivity index is 1.50. The summed E-state index contributed by atoms with van der Waals surface area (Å²) in [4.78, 5) is 19.1. The number of carbonyl (C=O) groups excluding carboxylic acids is 1. The van der Waals surface area contributed by atoms with Gasteiger partial charge in [0.15, 0.2) is 11.6 Å². The lowest BCUT2D eigenvalue weighted by molar-refractivity contribution is 0.0675. The SMILES string of the molecule is CC(C)c1noc(C2CCCN2C(=O)c2ccc(Cn3cccn3)o2)n1. The van der Waals surface area contributed by atoms with Crippen LogP contribution in [-0.4, -0.2) is 37.3 Å². The van der Waals surface area contributed by atoms with Gasteiger partial charge in [-0.15, -0.1) is 0 Å². The summed E-state index contributed by atoms with van der Waals surface area (Å²) in [7, 11) is 0. The number of amides is 1. The Morgan fingerprint density at radius 1 is 1.38 bits per heavy atom. The molecule has 1 fully saturated rings. The van der Waals surface area contributed by atoms with Gasteiger partial charge in [-0.05, 0) is 31.0 Å². The van der Waals surface area contributed by atoms with Crippen LogP contribution in [0, 0.1) is 0 Å². The molecule has 1 aliphatic heterocycles. The molecule has 1 saturated heterocycles. The van der Waals surface area contributed by atoms with Crippen molar-refractivity contribution in [2.45, 2.75) is 45.2 Å². The normalized spacial score (nSPS) is 17.3. The minimum atomic E-state index is -0.192. The zero-order chi connectivity index (χ0) is 18.1. The standard InChI is InChI=1S/C18H21N5O3/c1-12(2)16-20-17(26-21-16)14-5-3-10-23(14)18(24)15-7-6-13(25-15)11-22-9-4-8-19-22/h4,6-9,12,14H,3,5,10-11H2,1-2H3. The molecule has 1 aliphatic rings. The molecular formula is C18H21N5O3. The van der Waals surface area contributed by atoms with Gasteiger partial charge in [0.05, 0.1) is 6.54 Å². The Kier molecular flexibility index (Phi) is 4.32. The average Bonchev–Trinajstić information content (AvgIpc) is 3.40. The first-order valence-corrected chi connectivity index (χ1v) is 8.82. The summed E-state index contributed by atoms with van der Waals surface area (Å²) in [5, 5.41) is 8.16. The van der Waals surface area contributed by atoms with E-state index in [0.717, 1.165) is 12.8 Å². The van der Waals surface area contributed by atoms with Crippen molar-refractivity contribution in [1.82, 2.24) is 24.8 Å². The van der Waals surface area contributed by atoms with Gasteiger partial charge in [-0.2, -0.15) is 10.1 Å². The molecule has 4 rings (SSSR count). The van der Waals surface area contributed by atoms with E-state index in [1.165, 1.54) is 0 Å². The van der Waals surface area contributed by atoms with E-state index in [2.05, 4.69) is 15.2 Å². The molecule has 8 heteroatoms. The van der Waals surface area contributed by atoms with Crippen LogP contribution in [0.2, 0.25) is 0 Å². The molecule has 8 nitrogen and oxygen atoms in total. The molecule has 0 saturated carbocycles. The lowest BCUT2D eigenvalue weighted by Gasteiger charge is -2.20. The van der Waals surface area contributed by atoms with Crippen LogP contribution in [0.25, 0.3) is 0 Å². The topological polar surface area (TPSA) is 90.2 Å². The summed E-state index contributed by atoms with van der Waals surface area (Å²) in [5.41, 5.74) is 0. The highest BCUT2D eigenvalue weighted by Crippen LogP contribution is 2.33. The number of hydrogen-bond acceptors (Lipinski definition) is 6. The summed E-state index contributed by atoms with van der Waals surface area (Å²) in [6, 6.07) is 5.18. The fourth-order valence-electron chi connectivity index (χ4n) is 3.16. The fourth-order valence-corrected chi connectivity index (χ4v) is 3.16. The second kappa shape index (κ2) is 6.78. The maximum absolute atomic E-state index is 12.9. The van der Waals surface area contributed by atoms with E-state index < -0.39 is 0 Å². The Hall–Kier alpha value is -2.90. The van der Waals surface area contributed by atoms with Crippen molar-refractivity contribution in [3.05, 3.63) is 53.8 Å². The quantitative estimate of drug-likeness (QED) is 0.699. The van der Waals surface area contributed by atoms with Crippen molar-refractivity contribution in [3.8, 4) is 0 Å². The molecule has 136 valence electrons. The highest BCUT2D eigenvalue weighted by molar-refractivity contribution is 5.92. The molecule has 3 aromatic heterocycles. The van der Waals surface area contributed by atoms with E-state index >= 15 is 0 Å². The molecule has 0 aliphatic carbocycles. The van der Waals surface area contributed by atoms with Gasteiger partial charge < -0.3 is 13.8 Å². The van der Waals surface area contributed by atoms with E-state index in [1.54, 1.807) is 21.8 Å². The molecule has 0 radical (unpaired) electrons. The van der Waals surface area contributed by atoms with Crippen LogP contribution >= 0.6 is 0 Å². The van der Waals surface area contributed by atoms with Crippen molar-refractivity contribution in [1.29, 1.82) is 0 Å². The second-order valence-electron chi connectivity index (χ2n) is 6.77. The van der Waals surface area contributed by atoms with Crippen LogP contribution in [0.5, 0.6) is 0 Å². The third-order valence-corrected chi connectivity index (χ3v) is 4.52. The predicted octanol–water partition coefficient (Wildman–Crippen LogP) is 3.01. The number of furan rings is 1. The van der Waals surface area contributed by atoms with E-state index in [9.17, 15) is 4.79 Å². The molecule has 0 N–H and O–H groups in total. The molecule has 1 atom stereocenters.